The summed E-state index contributed by atoms with van der Waals surface area (Å²) in [5.41, 5.74) is 1.98. The summed E-state index contributed by atoms with van der Waals surface area (Å²) in [6, 6.07) is 14.7. The molecule has 4 rings (SSSR count). The predicted octanol–water partition coefficient (Wildman–Crippen LogP) is 2.99. The van der Waals surface area contributed by atoms with Gasteiger partial charge in [-0.3, -0.25) is 19.3 Å². The van der Waals surface area contributed by atoms with Crippen molar-refractivity contribution in [3.8, 4) is 5.75 Å². The van der Waals surface area contributed by atoms with Gasteiger partial charge in [0, 0.05) is 18.8 Å². The lowest BCUT2D eigenvalue weighted by Crippen LogP contribution is -2.50. The maximum atomic E-state index is 12.8. The summed E-state index contributed by atoms with van der Waals surface area (Å²) in [7, 11) is 0. The Morgan fingerprint density at radius 2 is 1.81 bits per heavy atom. The maximum absolute atomic E-state index is 12.8. The third kappa shape index (κ3) is 4.87. The van der Waals surface area contributed by atoms with Crippen molar-refractivity contribution in [1.29, 1.82) is 0 Å². The molecule has 7 nitrogen and oxygen atoms in total. The predicted molar refractivity (Wildman–Crippen MR) is 118 cm³/mol. The second-order valence-corrected chi connectivity index (χ2v) is 8.02. The molecule has 7 heteroatoms. The highest BCUT2D eigenvalue weighted by molar-refractivity contribution is 6.04. The quantitative estimate of drug-likeness (QED) is 0.805. The molecule has 0 saturated carbocycles. The number of benzene rings is 2. The number of fused-ring (bicyclic) bond motifs is 1. The Morgan fingerprint density at radius 3 is 2.55 bits per heavy atom. The molecular weight excluding hydrogens is 394 g/mol. The van der Waals surface area contributed by atoms with Gasteiger partial charge < -0.3 is 15.0 Å². The number of hydrogen-bond acceptors (Lipinski definition) is 4. The molecular formula is C24H27N3O4. The zero-order valence-electron chi connectivity index (χ0n) is 17.7. The molecule has 1 unspecified atom stereocenters. The van der Waals surface area contributed by atoms with Crippen molar-refractivity contribution in [1.82, 2.24) is 4.90 Å². The lowest BCUT2D eigenvalue weighted by molar-refractivity contribution is -0.133. The number of carbonyl (C=O) groups excluding carboxylic acids is 3. The summed E-state index contributed by atoms with van der Waals surface area (Å²) < 4.78 is 5.73. The molecule has 0 aliphatic carbocycles. The van der Waals surface area contributed by atoms with E-state index in [1.165, 1.54) is 4.90 Å². The molecule has 2 aromatic rings. The fourth-order valence-electron chi connectivity index (χ4n) is 4.01. The van der Waals surface area contributed by atoms with E-state index in [9.17, 15) is 14.4 Å². The van der Waals surface area contributed by atoms with Crippen molar-refractivity contribution in [2.45, 2.75) is 38.7 Å². The lowest BCUT2D eigenvalue weighted by Gasteiger charge is -2.35. The van der Waals surface area contributed by atoms with Crippen LogP contribution in [0.2, 0.25) is 0 Å². The van der Waals surface area contributed by atoms with Gasteiger partial charge in [-0.25, -0.2) is 0 Å². The van der Waals surface area contributed by atoms with E-state index >= 15 is 0 Å². The Hall–Kier alpha value is -3.35. The van der Waals surface area contributed by atoms with Crippen LogP contribution >= 0.6 is 0 Å². The van der Waals surface area contributed by atoms with Crippen LogP contribution in [0.1, 0.15) is 31.7 Å². The average Bonchev–Trinajstić information content (AvgIpc) is 2.78. The van der Waals surface area contributed by atoms with Crippen LogP contribution in [0.3, 0.4) is 0 Å². The number of nitrogens with zero attached hydrogens (tertiary/aromatic N) is 2. The summed E-state index contributed by atoms with van der Waals surface area (Å²) in [6.07, 6.45) is 2.70. The Kier molecular flexibility index (Phi) is 6.21. The molecule has 1 N–H and O–H groups in total. The van der Waals surface area contributed by atoms with Crippen LogP contribution in [0.4, 0.5) is 11.4 Å². The van der Waals surface area contributed by atoms with E-state index in [0.717, 1.165) is 37.9 Å². The van der Waals surface area contributed by atoms with Crippen LogP contribution < -0.4 is 15.0 Å². The van der Waals surface area contributed by atoms with Crippen LogP contribution in [0.25, 0.3) is 0 Å². The number of nitrogens with one attached hydrogen (secondary N) is 1. The topological polar surface area (TPSA) is 79.0 Å². The lowest BCUT2D eigenvalue weighted by atomic mass is 10.1. The minimum absolute atomic E-state index is 0.0268. The minimum atomic E-state index is -0.667. The molecule has 2 aliphatic heterocycles. The third-order valence-electron chi connectivity index (χ3n) is 5.66. The first-order valence-electron chi connectivity index (χ1n) is 10.7. The molecule has 162 valence electrons. The smallest absolute Gasteiger partial charge is 0.268 e. The first-order valence-corrected chi connectivity index (χ1v) is 10.7. The highest BCUT2D eigenvalue weighted by Crippen LogP contribution is 2.36. The molecule has 31 heavy (non-hydrogen) atoms. The van der Waals surface area contributed by atoms with E-state index in [-0.39, 0.29) is 30.7 Å². The molecule has 0 bridgehead atoms. The Bertz CT molecular complexity index is 970. The largest absolute Gasteiger partial charge is 0.479 e. The number of piperidine rings is 1. The van der Waals surface area contributed by atoms with Crippen molar-refractivity contribution in [2.24, 2.45) is 0 Å². The average molecular weight is 421 g/mol. The van der Waals surface area contributed by atoms with Crippen LogP contribution in [0, 0.1) is 0 Å². The number of amides is 3. The number of carbonyl (C=O) groups is 3. The number of likely N-dealkylation sites (tertiary alicyclic amines) is 1. The Labute approximate surface area is 182 Å². The molecule has 1 saturated heterocycles. The van der Waals surface area contributed by atoms with Gasteiger partial charge in [0.1, 0.15) is 12.3 Å². The van der Waals surface area contributed by atoms with Gasteiger partial charge in [-0.05, 0) is 49.9 Å². The summed E-state index contributed by atoms with van der Waals surface area (Å²) in [4.78, 5) is 41.4. The van der Waals surface area contributed by atoms with Crippen molar-refractivity contribution < 1.29 is 19.1 Å². The molecule has 0 spiro atoms. The minimum Gasteiger partial charge on any atom is -0.479 e. The first-order chi connectivity index (χ1) is 15.0. The van der Waals surface area contributed by atoms with Gasteiger partial charge in [0.2, 0.25) is 11.8 Å². The summed E-state index contributed by atoms with van der Waals surface area (Å²) in [6.45, 7) is 3.12. The third-order valence-corrected chi connectivity index (χ3v) is 5.66. The Morgan fingerprint density at radius 1 is 1.06 bits per heavy atom. The number of rotatable bonds is 5. The fraction of sp³-hybridized carbons (Fsp3) is 0.375. The van der Waals surface area contributed by atoms with E-state index in [1.54, 1.807) is 25.1 Å². The van der Waals surface area contributed by atoms with Crippen LogP contribution in [-0.4, -0.2) is 48.4 Å². The number of ether oxygens (including phenoxy) is 1. The first kappa shape index (κ1) is 20.9. The van der Waals surface area contributed by atoms with Gasteiger partial charge in [-0.1, -0.05) is 30.3 Å². The molecule has 2 aliphatic rings. The summed E-state index contributed by atoms with van der Waals surface area (Å²) >= 11 is 0. The molecule has 1 atom stereocenters. The van der Waals surface area contributed by atoms with Crippen molar-refractivity contribution >= 4 is 29.1 Å². The second-order valence-electron chi connectivity index (χ2n) is 8.02. The SMILES string of the molecule is CC1Oc2ccc(NC(=O)Cc3ccccc3)cc2N(CC(=O)N2CCCCC2)C1=O. The molecule has 0 aromatic heterocycles. The zero-order valence-corrected chi connectivity index (χ0v) is 17.7. The zero-order chi connectivity index (χ0) is 21.8. The van der Waals surface area contributed by atoms with E-state index in [2.05, 4.69) is 5.32 Å². The fourth-order valence-corrected chi connectivity index (χ4v) is 4.01. The summed E-state index contributed by atoms with van der Waals surface area (Å²) in [5, 5.41) is 2.88. The van der Waals surface area contributed by atoms with Crippen LogP contribution in [0.5, 0.6) is 5.75 Å². The van der Waals surface area contributed by atoms with Crippen molar-refractivity contribution in [3.05, 3.63) is 54.1 Å². The van der Waals surface area contributed by atoms with E-state index in [1.807, 2.05) is 35.2 Å². The molecule has 1 fully saturated rings. The van der Waals surface area contributed by atoms with Crippen molar-refractivity contribution in [2.75, 3.05) is 29.9 Å². The van der Waals surface area contributed by atoms with Gasteiger partial charge in [0.25, 0.3) is 5.91 Å². The molecule has 3 amide bonds. The Balaban J connectivity index is 1.51. The highest BCUT2D eigenvalue weighted by Gasteiger charge is 2.34. The van der Waals surface area contributed by atoms with Gasteiger partial charge >= 0.3 is 0 Å². The van der Waals surface area contributed by atoms with Crippen molar-refractivity contribution in [3.63, 3.8) is 0 Å². The van der Waals surface area contributed by atoms with Crippen LogP contribution in [-0.2, 0) is 20.8 Å². The number of anilines is 2. The highest BCUT2D eigenvalue weighted by atomic mass is 16.5. The van der Waals surface area contributed by atoms with E-state index in [4.69, 9.17) is 4.74 Å². The number of hydrogen-bond donors (Lipinski definition) is 1. The van der Waals surface area contributed by atoms with Gasteiger partial charge in [0.05, 0.1) is 12.1 Å². The monoisotopic (exact) mass is 421 g/mol. The normalized spacial score (nSPS) is 18.2. The summed E-state index contributed by atoms with van der Waals surface area (Å²) in [5.74, 6) is 0.0513. The second kappa shape index (κ2) is 9.20. The van der Waals surface area contributed by atoms with Crippen LogP contribution in [0.15, 0.2) is 48.5 Å². The van der Waals surface area contributed by atoms with Gasteiger partial charge in [-0.15, -0.1) is 0 Å². The van der Waals surface area contributed by atoms with Gasteiger partial charge in [0.15, 0.2) is 6.10 Å². The molecule has 2 aromatic carbocycles. The van der Waals surface area contributed by atoms with E-state index in [0.29, 0.717) is 17.1 Å². The molecule has 0 radical (unpaired) electrons. The molecule has 2 heterocycles. The van der Waals surface area contributed by atoms with E-state index < -0.39 is 6.10 Å². The van der Waals surface area contributed by atoms with Gasteiger partial charge in [-0.2, -0.15) is 0 Å². The standard InChI is InChI=1S/C24H27N3O4/c1-17-24(30)27(16-23(29)26-12-6-3-7-13-26)20-15-19(10-11-21(20)31-17)25-22(28)14-18-8-4-2-5-9-18/h2,4-5,8-11,15,17H,3,6-7,12-14,16H2,1H3,(H,25,28). The maximum Gasteiger partial charge on any atom is 0.268 e.